The van der Waals surface area contributed by atoms with Gasteiger partial charge < -0.3 is 5.32 Å². The van der Waals surface area contributed by atoms with E-state index in [4.69, 9.17) is 23.2 Å². The molecule has 2 rings (SSSR count). The minimum absolute atomic E-state index is 0.0775. The summed E-state index contributed by atoms with van der Waals surface area (Å²) >= 11 is 17.6. The number of halogens is 3. The van der Waals surface area contributed by atoms with Crippen molar-refractivity contribution in [1.82, 2.24) is 5.32 Å². The van der Waals surface area contributed by atoms with Crippen molar-refractivity contribution < 1.29 is 0 Å². The van der Waals surface area contributed by atoms with Gasteiger partial charge in [0.25, 0.3) is 0 Å². The number of rotatable bonds is 5. The molecule has 0 aliphatic rings. The second-order valence-corrected chi connectivity index (χ2v) is 7.37. The molecule has 102 valence electrons. The molecule has 1 aromatic heterocycles. The fourth-order valence-electron chi connectivity index (χ4n) is 1.91. The van der Waals surface area contributed by atoms with Gasteiger partial charge in [-0.2, -0.15) is 0 Å². The molecule has 1 unspecified atom stereocenters. The van der Waals surface area contributed by atoms with Gasteiger partial charge in [-0.25, -0.2) is 0 Å². The van der Waals surface area contributed by atoms with Gasteiger partial charge in [-0.15, -0.1) is 11.3 Å². The Kier molecular flexibility index (Phi) is 5.72. The van der Waals surface area contributed by atoms with Gasteiger partial charge in [-0.3, -0.25) is 0 Å². The fraction of sp³-hybridized carbons (Fsp3) is 0.286. The van der Waals surface area contributed by atoms with Crippen molar-refractivity contribution in [3.63, 3.8) is 0 Å². The van der Waals surface area contributed by atoms with Crippen LogP contribution < -0.4 is 5.32 Å². The Labute approximate surface area is 136 Å². The van der Waals surface area contributed by atoms with E-state index in [0.717, 1.165) is 27.3 Å². The van der Waals surface area contributed by atoms with Crippen LogP contribution in [0.2, 0.25) is 10.0 Å². The van der Waals surface area contributed by atoms with E-state index in [1.54, 1.807) is 11.3 Å². The number of hydrogen-bond acceptors (Lipinski definition) is 2. The van der Waals surface area contributed by atoms with Gasteiger partial charge in [0.05, 0.1) is 9.83 Å². The molecule has 5 heteroatoms. The molecule has 0 saturated heterocycles. The molecular formula is C14H14BrCl2NS. The van der Waals surface area contributed by atoms with E-state index in [1.807, 2.05) is 18.2 Å². The number of thiophene rings is 1. The van der Waals surface area contributed by atoms with Crippen LogP contribution in [0.4, 0.5) is 0 Å². The summed E-state index contributed by atoms with van der Waals surface area (Å²) in [5, 5.41) is 7.10. The van der Waals surface area contributed by atoms with E-state index in [-0.39, 0.29) is 6.04 Å². The zero-order valence-electron chi connectivity index (χ0n) is 10.4. The lowest BCUT2D eigenvalue weighted by Crippen LogP contribution is -2.23. The normalized spacial score (nSPS) is 12.6. The molecule has 1 heterocycles. The molecule has 19 heavy (non-hydrogen) atoms. The van der Waals surface area contributed by atoms with Gasteiger partial charge in [-0.1, -0.05) is 30.1 Å². The van der Waals surface area contributed by atoms with Crippen LogP contribution in [0.25, 0.3) is 0 Å². The first-order valence-electron chi connectivity index (χ1n) is 6.04. The molecule has 0 amide bonds. The molecule has 0 aliphatic heterocycles. The second-order valence-electron chi connectivity index (χ2n) is 4.24. The van der Waals surface area contributed by atoms with Crippen LogP contribution in [0.5, 0.6) is 0 Å². The minimum atomic E-state index is 0.0775. The molecule has 1 nitrogen and oxygen atoms in total. The predicted molar refractivity (Wildman–Crippen MR) is 88.6 cm³/mol. The van der Waals surface area contributed by atoms with Crippen molar-refractivity contribution in [3.05, 3.63) is 54.6 Å². The predicted octanol–water partition coefficient (Wildman–Crippen LogP) is 5.91. The molecule has 1 aromatic carbocycles. The summed E-state index contributed by atoms with van der Waals surface area (Å²) < 4.78 is 1.11. The van der Waals surface area contributed by atoms with Gasteiger partial charge in [0.15, 0.2) is 0 Å². The Hall–Kier alpha value is -0.0600. The summed E-state index contributed by atoms with van der Waals surface area (Å²) in [5.74, 6) is 0. The third-order valence-electron chi connectivity index (χ3n) is 2.79. The van der Waals surface area contributed by atoms with Crippen LogP contribution in [0.3, 0.4) is 0 Å². The van der Waals surface area contributed by atoms with Crippen LogP contribution in [-0.2, 0) is 0 Å². The van der Waals surface area contributed by atoms with Gasteiger partial charge in [-0.05, 0) is 69.7 Å². The summed E-state index contributed by atoms with van der Waals surface area (Å²) in [5.41, 5.74) is 2.22. The van der Waals surface area contributed by atoms with Gasteiger partial charge in [0, 0.05) is 10.0 Å². The maximum Gasteiger partial charge on any atom is 0.0701 e. The van der Waals surface area contributed by atoms with Crippen molar-refractivity contribution in [2.75, 3.05) is 6.54 Å². The molecule has 0 fully saturated rings. The third kappa shape index (κ3) is 3.96. The molecule has 2 aromatic rings. The zero-order chi connectivity index (χ0) is 13.8. The molecular weight excluding hydrogens is 365 g/mol. The van der Waals surface area contributed by atoms with E-state index < -0.39 is 0 Å². The highest BCUT2D eigenvalue weighted by Gasteiger charge is 2.18. The van der Waals surface area contributed by atoms with Crippen molar-refractivity contribution in [2.45, 2.75) is 19.4 Å². The first-order valence-corrected chi connectivity index (χ1v) is 8.47. The lowest BCUT2D eigenvalue weighted by atomic mass is 10.0. The lowest BCUT2D eigenvalue weighted by molar-refractivity contribution is 0.600. The average molecular weight is 379 g/mol. The second kappa shape index (κ2) is 7.09. The Morgan fingerprint density at radius 1 is 1.32 bits per heavy atom. The SMILES string of the molecule is CCCNC(c1csc(Br)c1)c1cc(Cl)ccc1Cl. The summed E-state index contributed by atoms with van der Waals surface area (Å²) in [6.45, 7) is 3.08. The van der Waals surface area contributed by atoms with Crippen molar-refractivity contribution in [2.24, 2.45) is 0 Å². The van der Waals surface area contributed by atoms with Crippen LogP contribution in [0.15, 0.2) is 33.4 Å². The first-order chi connectivity index (χ1) is 9.11. The monoisotopic (exact) mass is 377 g/mol. The Morgan fingerprint density at radius 3 is 2.74 bits per heavy atom. The molecule has 0 aliphatic carbocycles. The van der Waals surface area contributed by atoms with Crippen LogP contribution in [0.1, 0.15) is 30.5 Å². The van der Waals surface area contributed by atoms with Crippen molar-refractivity contribution in [1.29, 1.82) is 0 Å². The van der Waals surface area contributed by atoms with Gasteiger partial charge in [0.1, 0.15) is 0 Å². The van der Waals surface area contributed by atoms with Gasteiger partial charge >= 0.3 is 0 Å². The van der Waals surface area contributed by atoms with E-state index in [1.165, 1.54) is 5.56 Å². The summed E-state index contributed by atoms with van der Waals surface area (Å²) in [4.78, 5) is 0. The molecule has 0 spiro atoms. The average Bonchev–Trinajstić information content (AvgIpc) is 2.80. The maximum atomic E-state index is 6.32. The van der Waals surface area contributed by atoms with E-state index in [0.29, 0.717) is 5.02 Å². The highest BCUT2D eigenvalue weighted by Crippen LogP contribution is 2.34. The zero-order valence-corrected chi connectivity index (χ0v) is 14.3. The Bertz CT molecular complexity index is 556. The summed E-state index contributed by atoms with van der Waals surface area (Å²) in [6, 6.07) is 7.79. The molecule has 1 N–H and O–H groups in total. The van der Waals surface area contributed by atoms with Crippen LogP contribution >= 0.6 is 50.5 Å². The van der Waals surface area contributed by atoms with Crippen LogP contribution in [-0.4, -0.2) is 6.54 Å². The topological polar surface area (TPSA) is 12.0 Å². The molecule has 1 atom stereocenters. The third-order valence-corrected chi connectivity index (χ3v) is 4.89. The number of benzene rings is 1. The summed E-state index contributed by atoms with van der Waals surface area (Å²) in [7, 11) is 0. The van der Waals surface area contributed by atoms with Crippen molar-refractivity contribution >= 4 is 50.5 Å². The Balaban J connectivity index is 2.39. The smallest absolute Gasteiger partial charge is 0.0701 e. The standard InChI is InChI=1S/C14H14BrCl2NS/c1-2-5-18-14(9-6-13(15)19-8-9)11-7-10(16)3-4-12(11)17/h3-4,6-8,14,18H,2,5H2,1H3. The molecule has 0 bridgehead atoms. The van der Waals surface area contributed by atoms with Gasteiger partial charge in [0.2, 0.25) is 0 Å². The maximum absolute atomic E-state index is 6.32. The van der Waals surface area contributed by atoms with E-state index in [2.05, 4.69) is 39.6 Å². The van der Waals surface area contributed by atoms with Crippen LogP contribution in [0, 0.1) is 0 Å². The van der Waals surface area contributed by atoms with E-state index >= 15 is 0 Å². The highest BCUT2D eigenvalue weighted by molar-refractivity contribution is 9.11. The van der Waals surface area contributed by atoms with E-state index in [9.17, 15) is 0 Å². The Morgan fingerprint density at radius 2 is 2.11 bits per heavy atom. The number of hydrogen-bond donors (Lipinski definition) is 1. The fourth-order valence-corrected chi connectivity index (χ4v) is 3.52. The summed E-state index contributed by atoms with van der Waals surface area (Å²) in [6.07, 6.45) is 1.07. The first kappa shape index (κ1) is 15.3. The lowest BCUT2D eigenvalue weighted by Gasteiger charge is -2.19. The largest absolute Gasteiger partial charge is 0.306 e. The minimum Gasteiger partial charge on any atom is -0.306 e. The quantitative estimate of drug-likeness (QED) is 0.682. The molecule has 0 saturated carbocycles. The highest BCUT2D eigenvalue weighted by atomic mass is 79.9. The van der Waals surface area contributed by atoms with Crippen molar-refractivity contribution in [3.8, 4) is 0 Å². The number of nitrogens with one attached hydrogen (secondary N) is 1. The molecule has 0 radical (unpaired) electrons.